The zero-order valence-electron chi connectivity index (χ0n) is 18.6. The molecule has 1 amide bonds. The highest BCUT2D eigenvalue weighted by Gasteiger charge is 2.31. The molecule has 1 aliphatic heterocycles. The Labute approximate surface area is 221 Å². The van der Waals surface area contributed by atoms with E-state index in [0.29, 0.717) is 56.4 Å². The van der Waals surface area contributed by atoms with Crippen molar-refractivity contribution in [2.45, 2.75) is 26.4 Å². The van der Waals surface area contributed by atoms with Crippen LogP contribution in [0, 0.1) is 0 Å². The first-order valence-corrected chi connectivity index (χ1v) is 12.9. The summed E-state index contributed by atoms with van der Waals surface area (Å²) in [6.45, 7) is 3.06. The number of thioether (sulfide) groups is 1. The summed E-state index contributed by atoms with van der Waals surface area (Å²) in [6.07, 6.45) is 2.48. The van der Waals surface area contributed by atoms with E-state index in [4.69, 9.17) is 33.3 Å². The molecule has 10 heteroatoms. The Balaban J connectivity index is 1.76. The van der Waals surface area contributed by atoms with E-state index in [1.807, 2.05) is 43.3 Å². The average Bonchev–Trinajstić information content (AvgIpc) is 3.07. The van der Waals surface area contributed by atoms with Crippen molar-refractivity contribution >= 4 is 73.8 Å². The number of hydrogen-bond donors (Lipinski definition) is 0. The Morgan fingerprint density at radius 1 is 1.24 bits per heavy atom. The standard InChI is InChI=1S/C24H23BrClNO5S2/c1-3-31-19-12-16(11-18(25)22(19)32-14-15-6-8-17(26)9-7-15)13-20-23(29)27(24(33)34-20)10-4-5-21(28)30-2/h6-9,11-13H,3-5,10,14H2,1-2H3/b20-13-. The van der Waals surface area contributed by atoms with Crippen LogP contribution in [0.5, 0.6) is 11.5 Å². The van der Waals surface area contributed by atoms with E-state index in [2.05, 4.69) is 20.7 Å². The molecule has 1 saturated heterocycles. The van der Waals surface area contributed by atoms with Gasteiger partial charge in [0, 0.05) is 18.0 Å². The Morgan fingerprint density at radius 3 is 2.65 bits per heavy atom. The van der Waals surface area contributed by atoms with Gasteiger partial charge in [-0.1, -0.05) is 47.7 Å². The van der Waals surface area contributed by atoms with E-state index in [1.165, 1.54) is 23.8 Å². The number of nitrogens with zero attached hydrogens (tertiary/aromatic N) is 1. The summed E-state index contributed by atoms with van der Waals surface area (Å²) in [4.78, 5) is 26.2. The van der Waals surface area contributed by atoms with Crippen molar-refractivity contribution in [1.82, 2.24) is 4.90 Å². The van der Waals surface area contributed by atoms with E-state index in [1.54, 1.807) is 6.08 Å². The Bertz CT molecular complexity index is 1110. The lowest BCUT2D eigenvalue weighted by Crippen LogP contribution is -2.29. The van der Waals surface area contributed by atoms with Gasteiger partial charge in [-0.05, 0) is 70.7 Å². The van der Waals surface area contributed by atoms with Crippen LogP contribution in [0.15, 0.2) is 45.8 Å². The molecule has 0 N–H and O–H groups in total. The van der Waals surface area contributed by atoms with Gasteiger partial charge in [0.25, 0.3) is 5.91 Å². The first-order valence-electron chi connectivity index (χ1n) is 10.5. The van der Waals surface area contributed by atoms with Gasteiger partial charge in [-0.2, -0.15) is 0 Å². The van der Waals surface area contributed by atoms with Crippen LogP contribution in [-0.2, 0) is 20.9 Å². The van der Waals surface area contributed by atoms with E-state index in [9.17, 15) is 9.59 Å². The van der Waals surface area contributed by atoms with Gasteiger partial charge in [-0.3, -0.25) is 14.5 Å². The topological polar surface area (TPSA) is 65.1 Å². The lowest BCUT2D eigenvalue weighted by molar-refractivity contribution is -0.141. The highest BCUT2D eigenvalue weighted by atomic mass is 79.9. The van der Waals surface area contributed by atoms with Crippen molar-refractivity contribution in [3.8, 4) is 11.5 Å². The molecule has 6 nitrogen and oxygen atoms in total. The number of esters is 1. The first-order chi connectivity index (χ1) is 16.3. The van der Waals surface area contributed by atoms with Crippen molar-refractivity contribution in [2.75, 3.05) is 20.3 Å². The number of carbonyl (C=O) groups is 2. The number of ether oxygens (including phenoxy) is 3. The maximum absolute atomic E-state index is 12.9. The second-order valence-electron chi connectivity index (χ2n) is 7.19. The van der Waals surface area contributed by atoms with Crippen molar-refractivity contribution in [3.05, 3.63) is 61.9 Å². The predicted octanol–water partition coefficient (Wildman–Crippen LogP) is 6.23. The van der Waals surface area contributed by atoms with Gasteiger partial charge in [0.15, 0.2) is 11.5 Å². The van der Waals surface area contributed by atoms with Crippen LogP contribution in [0.4, 0.5) is 0 Å². The molecule has 180 valence electrons. The quantitative estimate of drug-likeness (QED) is 0.186. The molecule has 1 fully saturated rings. The number of methoxy groups -OCH3 is 1. The molecule has 0 aliphatic carbocycles. The van der Waals surface area contributed by atoms with Gasteiger partial charge in [0.1, 0.15) is 10.9 Å². The Kier molecular flexibility index (Phi) is 9.82. The SMILES string of the molecule is CCOc1cc(/C=C2\SC(=S)N(CCCC(=O)OC)C2=O)cc(Br)c1OCc1ccc(Cl)cc1. The molecule has 3 rings (SSSR count). The van der Waals surface area contributed by atoms with Crippen LogP contribution in [-0.4, -0.2) is 41.4 Å². The molecular formula is C24H23BrClNO5S2. The van der Waals surface area contributed by atoms with Gasteiger partial charge in [0.05, 0.1) is 23.1 Å². The summed E-state index contributed by atoms with van der Waals surface area (Å²) >= 11 is 16.1. The first kappa shape index (κ1) is 26.5. The number of carbonyl (C=O) groups excluding carboxylic acids is 2. The third-order valence-electron chi connectivity index (χ3n) is 4.79. The van der Waals surface area contributed by atoms with E-state index in [-0.39, 0.29) is 18.3 Å². The van der Waals surface area contributed by atoms with Gasteiger partial charge < -0.3 is 14.2 Å². The van der Waals surface area contributed by atoms with Gasteiger partial charge in [-0.15, -0.1) is 0 Å². The fourth-order valence-electron chi connectivity index (χ4n) is 3.14. The van der Waals surface area contributed by atoms with Gasteiger partial charge >= 0.3 is 5.97 Å². The molecule has 34 heavy (non-hydrogen) atoms. The van der Waals surface area contributed by atoms with Crippen LogP contribution < -0.4 is 9.47 Å². The molecule has 0 unspecified atom stereocenters. The minimum Gasteiger partial charge on any atom is -0.490 e. The highest BCUT2D eigenvalue weighted by Crippen LogP contribution is 2.40. The molecule has 0 aromatic heterocycles. The summed E-state index contributed by atoms with van der Waals surface area (Å²) in [5.41, 5.74) is 1.74. The molecular weight excluding hydrogens is 562 g/mol. The smallest absolute Gasteiger partial charge is 0.305 e. The van der Waals surface area contributed by atoms with Crippen LogP contribution in [0.25, 0.3) is 6.08 Å². The van der Waals surface area contributed by atoms with Gasteiger partial charge in [-0.25, -0.2) is 0 Å². The normalized spacial score (nSPS) is 14.6. The van der Waals surface area contributed by atoms with Crippen molar-refractivity contribution in [1.29, 1.82) is 0 Å². The molecule has 0 bridgehead atoms. The minimum absolute atomic E-state index is 0.183. The number of halogens is 2. The van der Waals surface area contributed by atoms with Crippen LogP contribution in [0.2, 0.25) is 5.02 Å². The molecule has 1 aliphatic rings. The molecule has 0 radical (unpaired) electrons. The monoisotopic (exact) mass is 583 g/mol. The number of rotatable bonds is 10. The maximum Gasteiger partial charge on any atom is 0.305 e. The zero-order valence-corrected chi connectivity index (χ0v) is 22.6. The van der Waals surface area contributed by atoms with E-state index < -0.39 is 0 Å². The lowest BCUT2D eigenvalue weighted by atomic mass is 10.1. The molecule has 0 atom stereocenters. The third kappa shape index (κ3) is 6.97. The predicted molar refractivity (Wildman–Crippen MR) is 142 cm³/mol. The summed E-state index contributed by atoms with van der Waals surface area (Å²) in [7, 11) is 1.34. The number of thiocarbonyl (C=S) groups is 1. The average molecular weight is 585 g/mol. The maximum atomic E-state index is 12.9. The molecule has 2 aromatic carbocycles. The summed E-state index contributed by atoms with van der Waals surface area (Å²) < 4.78 is 17.6. The van der Waals surface area contributed by atoms with E-state index in [0.717, 1.165) is 11.1 Å². The Morgan fingerprint density at radius 2 is 1.97 bits per heavy atom. The van der Waals surface area contributed by atoms with Crippen LogP contribution in [0.3, 0.4) is 0 Å². The minimum atomic E-state index is -0.312. The van der Waals surface area contributed by atoms with Crippen molar-refractivity contribution < 1.29 is 23.8 Å². The Hall–Kier alpha value is -2.07. The second-order valence-corrected chi connectivity index (χ2v) is 10.2. The largest absolute Gasteiger partial charge is 0.490 e. The van der Waals surface area contributed by atoms with Crippen LogP contribution >= 0.6 is 51.5 Å². The van der Waals surface area contributed by atoms with Crippen molar-refractivity contribution in [3.63, 3.8) is 0 Å². The number of hydrogen-bond acceptors (Lipinski definition) is 7. The second kappa shape index (κ2) is 12.6. The molecule has 0 spiro atoms. The molecule has 2 aromatic rings. The summed E-state index contributed by atoms with van der Waals surface area (Å²) in [5.74, 6) is 0.639. The van der Waals surface area contributed by atoms with Crippen LogP contribution in [0.1, 0.15) is 30.9 Å². The molecule has 1 heterocycles. The zero-order chi connectivity index (χ0) is 24.7. The highest BCUT2D eigenvalue weighted by molar-refractivity contribution is 9.10. The summed E-state index contributed by atoms with van der Waals surface area (Å²) in [6, 6.07) is 11.1. The van der Waals surface area contributed by atoms with E-state index >= 15 is 0 Å². The number of amides is 1. The van der Waals surface area contributed by atoms with Crippen molar-refractivity contribution in [2.24, 2.45) is 0 Å². The van der Waals surface area contributed by atoms with Gasteiger partial charge in [0.2, 0.25) is 0 Å². The summed E-state index contributed by atoms with van der Waals surface area (Å²) in [5, 5.41) is 0.665. The molecule has 0 saturated carbocycles. The lowest BCUT2D eigenvalue weighted by Gasteiger charge is -2.15. The third-order valence-corrected chi connectivity index (χ3v) is 7.01. The fourth-order valence-corrected chi connectivity index (χ4v) is 5.15. The fraction of sp³-hybridized carbons (Fsp3) is 0.292. The number of benzene rings is 2.